The van der Waals surface area contributed by atoms with E-state index in [2.05, 4.69) is 27.8 Å². The minimum absolute atomic E-state index is 0.296. The van der Waals surface area contributed by atoms with Crippen molar-refractivity contribution in [1.29, 1.82) is 0 Å². The Labute approximate surface area is 126 Å². The molecule has 1 saturated heterocycles. The third-order valence-electron chi connectivity index (χ3n) is 3.35. The number of methoxy groups -OCH3 is 1. The summed E-state index contributed by atoms with van der Waals surface area (Å²) in [6.45, 7) is 4.31. The van der Waals surface area contributed by atoms with Gasteiger partial charge in [0.25, 0.3) is 0 Å². The van der Waals surface area contributed by atoms with Crippen molar-refractivity contribution in [2.45, 2.75) is 19.5 Å². The van der Waals surface area contributed by atoms with Gasteiger partial charge in [-0.1, -0.05) is 22.0 Å². The summed E-state index contributed by atoms with van der Waals surface area (Å²) in [4.78, 5) is 13.9. The van der Waals surface area contributed by atoms with Gasteiger partial charge in [-0.2, -0.15) is 11.8 Å². The van der Waals surface area contributed by atoms with Crippen LogP contribution < -0.4 is 0 Å². The molecule has 1 heterocycles. The van der Waals surface area contributed by atoms with Gasteiger partial charge in [-0.3, -0.25) is 4.90 Å². The minimum atomic E-state index is -0.296. The molecule has 0 amide bonds. The summed E-state index contributed by atoms with van der Waals surface area (Å²) in [5.41, 5.74) is 1.80. The van der Waals surface area contributed by atoms with Crippen molar-refractivity contribution in [3.05, 3.63) is 33.8 Å². The molecule has 5 heteroatoms. The highest BCUT2D eigenvalue weighted by Gasteiger charge is 2.19. The van der Waals surface area contributed by atoms with Gasteiger partial charge < -0.3 is 4.74 Å². The Kier molecular flexibility index (Phi) is 5.30. The lowest BCUT2D eigenvalue weighted by atomic mass is 10.1. The van der Waals surface area contributed by atoms with Crippen molar-refractivity contribution >= 4 is 33.7 Å². The molecule has 1 aromatic carbocycles. The number of hydrogen-bond donors (Lipinski definition) is 0. The van der Waals surface area contributed by atoms with E-state index >= 15 is 0 Å². The number of ether oxygens (including phenoxy) is 1. The zero-order valence-corrected chi connectivity index (χ0v) is 13.6. The quantitative estimate of drug-likeness (QED) is 0.788. The smallest absolute Gasteiger partial charge is 0.337 e. The molecule has 1 atom stereocenters. The van der Waals surface area contributed by atoms with E-state index in [1.165, 1.54) is 24.2 Å². The van der Waals surface area contributed by atoms with Crippen LogP contribution in [0.5, 0.6) is 0 Å². The summed E-state index contributed by atoms with van der Waals surface area (Å²) in [5, 5.41) is 0. The van der Waals surface area contributed by atoms with Gasteiger partial charge in [0.1, 0.15) is 0 Å². The van der Waals surface area contributed by atoms with Gasteiger partial charge in [0.05, 0.1) is 12.7 Å². The topological polar surface area (TPSA) is 29.5 Å². The van der Waals surface area contributed by atoms with Crippen molar-refractivity contribution in [3.8, 4) is 0 Å². The van der Waals surface area contributed by atoms with Crippen LogP contribution in [0, 0.1) is 0 Å². The van der Waals surface area contributed by atoms with E-state index in [0.29, 0.717) is 11.6 Å². The van der Waals surface area contributed by atoms with Crippen molar-refractivity contribution in [3.63, 3.8) is 0 Å². The van der Waals surface area contributed by atoms with Crippen LogP contribution in [0.2, 0.25) is 0 Å². The van der Waals surface area contributed by atoms with Crippen molar-refractivity contribution < 1.29 is 9.53 Å². The van der Waals surface area contributed by atoms with Gasteiger partial charge in [0, 0.05) is 35.1 Å². The molecule has 1 aliphatic heterocycles. The molecule has 1 unspecified atom stereocenters. The number of carbonyl (C=O) groups excluding carboxylic acids is 1. The fraction of sp³-hybridized carbons (Fsp3) is 0.500. The Balaban J connectivity index is 2.10. The summed E-state index contributed by atoms with van der Waals surface area (Å²) in [6.07, 6.45) is 0. The number of halogens is 1. The first-order chi connectivity index (χ1) is 9.11. The number of thioether (sulfide) groups is 1. The summed E-state index contributed by atoms with van der Waals surface area (Å²) in [5.74, 6) is 2.09. The Morgan fingerprint density at radius 2 is 2.37 bits per heavy atom. The highest BCUT2D eigenvalue weighted by atomic mass is 79.9. The normalized spacial score (nSPS) is 20.3. The van der Waals surface area contributed by atoms with Crippen molar-refractivity contribution in [1.82, 2.24) is 4.90 Å². The van der Waals surface area contributed by atoms with Gasteiger partial charge >= 0.3 is 5.97 Å². The van der Waals surface area contributed by atoms with Crippen LogP contribution in [0.25, 0.3) is 0 Å². The first kappa shape index (κ1) is 14.9. The van der Waals surface area contributed by atoms with Gasteiger partial charge in [-0.05, 0) is 24.6 Å². The molecule has 104 valence electrons. The Bertz CT molecular complexity index is 467. The zero-order valence-electron chi connectivity index (χ0n) is 11.2. The number of carbonyl (C=O) groups is 1. The molecule has 1 aromatic rings. The highest BCUT2D eigenvalue weighted by Crippen LogP contribution is 2.24. The largest absolute Gasteiger partial charge is 0.465 e. The second-order valence-electron chi connectivity index (χ2n) is 4.69. The molecule has 3 nitrogen and oxygen atoms in total. The van der Waals surface area contributed by atoms with Crippen LogP contribution in [0.15, 0.2) is 22.7 Å². The first-order valence-electron chi connectivity index (χ1n) is 6.30. The summed E-state index contributed by atoms with van der Waals surface area (Å²) >= 11 is 5.57. The monoisotopic (exact) mass is 343 g/mol. The first-order valence-corrected chi connectivity index (χ1v) is 8.25. The highest BCUT2D eigenvalue weighted by molar-refractivity contribution is 9.10. The maximum Gasteiger partial charge on any atom is 0.337 e. The van der Waals surface area contributed by atoms with Crippen LogP contribution in [0.1, 0.15) is 22.8 Å². The van der Waals surface area contributed by atoms with Gasteiger partial charge in [0.2, 0.25) is 0 Å². The lowest BCUT2D eigenvalue weighted by Gasteiger charge is -2.33. The van der Waals surface area contributed by atoms with E-state index in [4.69, 9.17) is 4.74 Å². The second-order valence-corrected chi connectivity index (χ2v) is 6.70. The molecule has 2 rings (SSSR count). The molecule has 0 aliphatic carbocycles. The van der Waals surface area contributed by atoms with Gasteiger partial charge in [-0.25, -0.2) is 4.79 Å². The van der Waals surface area contributed by atoms with Crippen LogP contribution in [-0.2, 0) is 11.3 Å². The van der Waals surface area contributed by atoms with Crippen LogP contribution in [0.3, 0.4) is 0 Å². The van der Waals surface area contributed by atoms with Gasteiger partial charge in [-0.15, -0.1) is 0 Å². The van der Waals surface area contributed by atoms with Crippen LogP contribution in [-0.4, -0.2) is 42.1 Å². The molecule has 1 aliphatic rings. The predicted molar refractivity (Wildman–Crippen MR) is 82.7 cm³/mol. The number of rotatable bonds is 3. The molecule has 19 heavy (non-hydrogen) atoms. The summed E-state index contributed by atoms with van der Waals surface area (Å²) < 4.78 is 5.70. The molecule has 0 radical (unpaired) electrons. The third kappa shape index (κ3) is 3.74. The lowest BCUT2D eigenvalue weighted by molar-refractivity contribution is 0.0600. The van der Waals surface area contributed by atoms with E-state index in [1.54, 1.807) is 0 Å². The van der Waals surface area contributed by atoms with Crippen molar-refractivity contribution in [2.75, 3.05) is 25.2 Å². The SMILES string of the molecule is COC(=O)c1ccc(CN2CCSCC2C)c(Br)c1. The lowest BCUT2D eigenvalue weighted by Crippen LogP contribution is -2.39. The molecule has 0 bridgehead atoms. The average molecular weight is 344 g/mol. The van der Waals surface area contributed by atoms with E-state index in [-0.39, 0.29) is 5.97 Å². The fourth-order valence-corrected chi connectivity index (χ4v) is 3.72. The molecule has 0 N–H and O–H groups in total. The molecular weight excluding hydrogens is 326 g/mol. The Morgan fingerprint density at radius 1 is 1.58 bits per heavy atom. The van der Waals surface area contributed by atoms with Crippen molar-refractivity contribution in [2.24, 2.45) is 0 Å². The number of hydrogen-bond acceptors (Lipinski definition) is 4. The maximum atomic E-state index is 11.5. The summed E-state index contributed by atoms with van der Waals surface area (Å²) in [6, 6.07) is 6.27. The molecule has 1 fully saturated rings. The Morgan fingerprint density at radius 3 is 3.00 bits per heavy atom. The molecule has 0 saturated carbocycles. The van der Waals surface area contributed by atoms with E-state index in [0.717, 1.165) is 17.6 Å². The van der Waals surface area contributed by atoms with E-state index in [1.807, 2.05) is 30.0 Å². The molecular formula is C14H18BrNO2S. The maximum absolute atomic E-state index is 11.5. The number of benzene rings is 1. The Hall–Kier alpha value is -0.520. The zero-order chi connectivity index (χ0) is 13.8. The van der Waals surface area contributed by atoms with Crippen LogP contribution >= 0.6 is 27.7 Å². The fourth-order valence-electron chi connectivity index (χ4n) is 2.14. The summed E-state index contributed by atoms with van der Waals surface area (Å²) in [7, 11) is 1.40. The second kappa shape index (κ2) is 6.77. The molecule has 0 spiro atoms. The minimum Gasteiger partial charge on any atom is -0.465 e. The average Bonchev–Trinajstić information content (AvgIpc) is 2.42. The number of nitrogens with zero attached hydrogens (tertiary/aromatic N) is 1. The predicted octanol–water partition coefficient (Wildman–Crippen LogP) is 3.17. The van der Waals surface area contributed by atoms with Crippen LogP contribution in [0.4, 0.5) is 0 Å². The van der Waals surface area contributed by atoms with E-state index in [9.17, 15) is 4.79 Å². The van der Waals surface area contributed by atoms with E-state index < -0.39 is 0 Å². The van der Waals surface area contributed by atoms with Gasteiger partial charge in [0.15, 0.2) is 0 Å². The standard InChI is InChI=1S/C14H18BrNO2S/c1-10-9-19-6-5-16(10)8-12-4-3-11(7-13(12)15)14(17)18-2/h3-4,7,10H,5-6,8-9H2,1-2H3. The third-order valence-corrected chi connectivity index (χ3v) is 5.28. The molecule has 0 aromatic heterocycles. The number of esters is 1.